The summed E-state index contributed by atoms with van der Waals surface area (Å²) in [6.45, 7) is 2.37. The van der Waals surface area contributed by atoms with Crippen molar-refractivity contribution in [1.29, 1.82) is 0 Å². The number of rotatable bonds is 6. The molecule has 4 aromatic heterocycles. The number of pyridine rings is 1. The van der Waals surface area contributed by atoms with Crippen LogP contribution < -0.4 is 4.90 Å². The van der Waals surface area contributed by atoms with E-state index in [0.29, 0.717) is 11.6 Å². The molecule has 0 bridgehead atoms. The first-order chi connectivity index (χ1) is 28.1. The standard InChI is InChI=1S/C50H35N7/c1-50-26-14-13-23-45(50)57(47-41(50)25-24-40-39-21-11-12-22-44(39)56(46(40)47)37-19-9-4-10-20-37)38-27-42(35-29-51-48(52-30-35)33-15-5-2-6-16-33)55-43(28-38)36-31-53-49(54-32-36)34-17-7-3-8-18-34/h2-25,27-32H,26H2,1H3. The zero-order valence-corrected chi connectivity index (χ0v) is 31.2. The maximum Gasteiger partial charge on any atom is 0.159 e. The Morgan fingerprint density at radius 2 is 1.11 bits per heavy atom. The first kappa shape index (κ1) is 32.9. The predicted octanol–water partition coefficient (Wildman–Crippen LogP) is 11.7. The Kier molecular flexibility index (Phi) is 7.54. The van der Waals surface area contributed by atoms with Crippen LogP contribution >= 0.6 is 0 Å². The number of benzene rings is 5. The molecule has 0 N–H and O–H groups in total. The molecule has 2 aliphatic rings. The molecule has 0 radical (unpaired) electrons. The third kappa shape index (κ3) is 5.31. The zero-order valence-electron chi connectivity index (χ0n) is 31.2. The summed E-state index contributed by atoms with van der Waals surface area (Å²) in [6, 6.07) is 48.5. The summed E-state index contributed by atoms with van der Waals surface area (Å²) in [5, 5.41) is 2.42. The van der Waals surface area contributed by atoms with Crippen LogP contribution in [0.15, 0.2) is 188 Å². The number of hydrogen-bond acceptors (Lipinski definition) is 6. The van der Waals surface area contributed by atoms with Gasteiger partial charge in [0.25, 0.3) is 0 Å². The maximum atomic E-state index is 5.26. The van der Waals surface area contributed by atoms with Crippen molar-refractivity contribution in [3.63, 3.8) is 0 Å². The summed E-state index contributed by atoms with van der Waals surface area (Å²) in [7, 11) is 0. The normalized spacial score (nSPS) is 15.8. The van der Waals surface area contributed by atoms with Gasteiger partial charge in [-0.3, -0.25) is 0 Å². The van der Waals surface area contributed by atoms with Crippen LogP contribution in [0.2, 0.25) is 0 Å². The number of allylic oxidation sites excluding steroid dienone is 4. The van der Waals surface area contributed by atoms with Crippen molar-refractivity contribution in [2.24, 2.45) is 0 Å². The van der Waals surface area contributed by atoms with Crippen molar-refractivity contribution in [3.8, 4) is 51.0 Å². The minimum atomic E-state index is -0.263. The largest absolute Gasteiger partial charge is 0.311 e. The summed E-state index contributed by atoms with van der Waals surface area (Å²) in [4.78, 5) is 27.0. The second-order valence-corrected chi connectivity index (χ2v) is 14.8. The van der Waals surface area contributed by atoms with Gasteiger partial charge in [0, 0.05) is 74.6 Å². The Morgan fingerprint density at radius 3 is 1.72 bits per heavy atom. The van der Waals surface area contributed by atoms with Crippen LogP contribution in [0, 0.1) is 0 Å². The van der Waals surface area contributed by atoms with Gasteiger partial charge >= 0.3 is 0 Å². The van der Waals surface area contributed by atoms with Gasteiger partial charge in [-0.1, -0.05) is 121 Å². The fourth-order valence-electron chi connectivity index (χ4n) is 8.60. The highest BCUT2D eigenvalue weighted by Gasteiger charge is 2.46. The molecule has 1 aliphatic carbocycles. The van der Waals surface area contributed by atoms with Gasteiger partial charge in [-0.2, -0.15) is 0 Å². The lowest BCUT2D eigenvalue weighted by atomic mass is 9.76. The number of nitrogens with zero attached hydrogens (tertiary/aromatic N) is 7. The van der Waals surface area contributed by atoms with E-state index in [9.17, 15) is 0 Å². The van der Waals surface area contributed by atoms with Crippen molar-refractivity contribution < 1.29 is 0 Å². The van der Waals surface area contributed by atoms with Crippen molar-refractivity contribution >= 4 is 33.2 Å². The second kappa shape index (κ2) is 13.1. The highest BCUT2D eigenvalue weighted by atomic mass is 15.2. The molecule has 0 amide bonds. The van der Waals surface area contributed by atoms with Crippen molar-refractivity contribution in [2.75, 3.05) is 4.90 Å². The molecule has 9 aromatic rings. The molecule has 270 valence electrons. The van der Waals surface area contributed by atoms with Crippen molar-refractivity contribution in [2.45, 2.75) is 18.8 Å². The van der Waals surface area contributed by atoms with Crippen LogP contribution in [0.5, 0.6) is 0 Å². The molecule has 1 unspecified atom stereocenters. The number of fused-ring (bicyclic) bond motifs is 7. The molecule has 57 heavy (non-hydrogen) atoms. The molecule has 5 aromatic carbocycles. The minimum absolute atomic E-state index is 0.263. The predicted molar refractivity (Wildman–Crippen MR) is 229 cm³/mol. The average molecular weight is 734 g/mol. The topological polar surface area (TPSA) is 72.6 Å². The second-order valence-electron chi connectivity index (χ2n) is 14.8. The summed E-state index contributed by atoms with van der Waals surface area (Å²) < 4.78 is 2.43. The van der Waals surface area contributed by atoms with E-state index >= 15 is 0 Å². The van der Waals surface area contributed by atoms with E-state index in [1.807, 2.05) is 85.5 Å². The van der Waals surface area contributed by atoms with E-state index in [-0.39, 0.29) is 5.41 Å². The fourth-order valence-corrected chi connectivity index (χ4v) is 8.60. The Bertz CT molecular complexity index is 2920. The number of para-hydroxylation sites is 2. The van der Waals surface area contributed by atoms with Gasteiger partial charge in [-0.25, -0.2) is 24.9 Å². The Morgan fingerprint density at radius 1 is 0.544 bits per heavy atom. The lowest BCUT2D eigenvalue weighted by Gasteiger charge is -2.31. The van der Waals surface area contributed by atoms with E-state index in [0.717, 1.165) is 51.4 Å². The van der Waals surface area contributed by atoms with Gasteiger partial charge in [0.15, 0.2) is 11.6 Å². The zero-order chi connectivity index (χ0) is 37.9. The number of hydrogen-bond donors (Lipinski definition) is 0. The van der Waals surface area contributed by atoms with Gasteiger partial charge in [0.1, 0.15) is 0 Å². The molecule has 7 nitrogen and oxygen atoms in total. The van der Waals surface area contributed by atoms with Gasteiger partial charge < -0.3 is 9.47 Å². The van der Waals surface area contributed by atoms with E-state index < -0.39 is 0 Å². The van der Waals surface area contributed by atoms with Crippen LogP contribution in [0.3, 0.4) is 0 Å². The van der Waals surface area contributed by atoms with E-state index in [1.54, 1.807) is 0 Å². The Hall–Kier alpha value is -7.51. The molecule has 0 saturated heterocycles. The Balaban J connectivity index is 1.16. The summed E-state index contributed by atoms with van der Waals surface area (Å²) in [5.41, 5.74) is 12.9. The lowest BCUT2D eigenvalue weighted by molar-refractivity contribution is 0.577. The first-order valence-corrected chi connectivity index (χ1v) is 19.2. The molecular weight excluding hydrogens is 699 g/mol. The summed E-state index contributed by atoms with van der Waals surface area (Å²) in [5.74, 6) is 1.33. The molecule has 0 fully saturated rings. The van der Waals surface area contributed by atoms with Gasteiger partial charge in [-0.15, -0.1) is 0 Å². The van der Waals surface area contributed by atoms with E-state index in [4.69, 9.17) is 24.9 Å². The SMILES string of the molecule is CC12CC=CC=C1N(c1cc(-c3cnc(-c4ccccc4)nc3)nc(-c3cnc(-c4ccccc4)nc3)c1)c1c2ccc2c3ccccc3n(-c3ccccc3)c12. The van der Waals surface area contributed by atoms with Crippen LogP contribution in [-0.2, 0) is 5.41 Å². The molecule has 1 atom stereocenters. The van der Waals surface area contributed by atoms with Crippen LogP contribution in [-0.4, -0.2) is 29.5 Å². The molecule has 0 saturated carbocycles. The highest BCUT2D eigenvalue weighted by Crippen LogP contribution is 2.58. The minimum Gasteiger partial charge on any atom is -0.311 e. The monoisotopic (exact) mass is 733 g/mol. The average Bonchev–Trinajstić information content (AvgIpc) is 3.77. The van der Waals surface area contributed by atoms with Crippen molar-refractivity contribution in [3.05, 3.63) is 194 Å². The van der Waals surface area contributed by atoms with Gasteiger partial charge in [-0.05, 0) is 55.3 Å². The van der Waals surface area contributed by atoms with E-state index in [2.05, 4.69) is 113 Å². The third-order valence-electron chi connectivity index (χ3n) is 11.4. The molecule has 5 heterocycles. The molecule has 11 rings (SSSR count). The third-order valence-corrected chi connectivity index (χ3v) is 11.4. The Labute approximate surface area is 330 Å². The first-order valence-electron chi connectivity index (χ1n) is 19.2. The quantitative estimate of drug-likeness (QED) is 0.169. The maximum absolute atomic E-state index is 5.26. The smallest absolute Gasteiger partial charge is 0.159 e. The highest BCUT2D eigenvalue weighted by molar-refractivity contribution is 6.15. The van der Waals surface area contributed by atoms with Crippen LogP contribution in [0.4, 0.5) is 11.4 Å². The summed E-state index contributed by atoms with van der Waals surface area (Å²) >= 11 is 0. The van der Waals surface area contributed by atoms with Gasteiger partial charge in [0.05, 0.1) is 33.8 Å². The van der Waals surface area contributed by atoms with Crippen LogP contribution in [0.1, 0.15) is 18.9 Å². The molecule has 0 spiro atoms. The molecule has 1 aliphatic heterocycles. The summed E-state index contributed by atoms with van der Waals surface area (Å²) in [6.07, 6.45) is 15.1. The van der Waals surface area contributed by atoms with Crippen LogP contribution in [0.25, 0.3) is 72.8 Å². The van der Waals surface area contributed by atoms with E-state index in [1.165, 1.54) is 38.8 Å². The molecule has 7 heteroatoms. The van der Waals surface area contributed by atoms with Crippen molar-refractivity contribution in [1.82, 2.24) is 29.5 Å². The number of anilines is 2. The van der Waals surface area contributed by atoms with Gasteiger partial charge in [0.2, 0.25) is 0 Å². The number of aromatic nitrogens is 6. The molecular formula is C50H35N7. The fraction of sp³-hybridized carbons (Fsp3) is 0.0600. The lowest BCUT2D eigenvalue weighted by Crippen LogP contribution is -2.27.